The first-order valence-electron chi connectivity index (χ1n) is 10.9. The van der Waals surface area contributed by atoms with Crippen molar-refractivity contribution >= 4 is 34.4 Å². The Morgan fingerprint density at radius 3 is 3.03 bits per heavy atom. The van der Waals surface area contributed by atoms with E-state index in [1.165, 1.54) is 29.9 Å². The summed E-state index contributed by atoms with van der Waals surface area (Å²) in [4.78, 5) is 25.5. The van der Waals surface area contributed by atoms with Crippen LogP contribution in [0, 0.1) is 24.2 Å². The minimum absolute atomic E-state index is 0.159. The zero-order chi connectivity index (χ0) is 24.1. The van der Waals surface area contributed by atoms with E-state index < -0.39 is 6.09 Å². The summed E-state index contributed by atoms with van der Waals surface area (Å²) in [6, 6.07) is 5.90. The molecule has 0 aromatic carbocycles. The van der Waals surface area contributed by atoms with E-state index in [4.69, 9.17) is 9.15 Å². The number of nitrogens with one attached hydrogen (secondary N) is 2. The third-order valence-electron chi connectivity index (χ3n) is 5.65. The Morgan fingerprint density at radius 1 is 1.47 bits per heavy atom. The van der Waals surface area contributed by atoms with Gasteiger partial charge in [-0.1, -0.05) is 0 Å². The van der Waals surface area contributed by atoms with Crippen molar-refractivity contribution < 1.29 is 18.7 Å². The topological polar surface area (TPSA) is 122 Å². The van der Waals surface area contributed by atoms with Crippen LogP contribution in [-0.2, 0) is 36.0 Å². The Hall–Kier alpha value is -3.84. The first-order chi connectivity index (χ1) is 16.4. The largest absolute Gasteiger partial charge is 0.472 e. The molecule has 34 heavy (non-hydrogen) atoms. The molecule has 2 N–H and O–H groups in total. The number of nitrogens with zero attached hydrogens (tertiary/aromatic N) is 3. The van der Waals surface area contributed by atoms with Crippen LogP contribution in [-0.4, -0.2) is 28.4 Å². The van der Waals surface area contributed by atoms with Crippen LogP contribution in [0.5, 0.6) is 0 Å². The van der Waals surface area contributed by atoms with Crippen LogP contribution in [0.2, 0.25) is 0 Å². The summed E-state index contributed by atoms with van der Waals surface area (Å²) in [6.45, 7) is 2.54. The number of furan rings is 1. The van der Waals surface area contributed by atoms with Crippen LogP contribution >= 0.6 is 11.3 Å². The van der Waals surface area contributed by atoms with E-state index in [0.717, 1.165) is 33.8 Å². The fraction of sp³-hybridized carbons (Fsp3) is 0.333. The third kappa shape index (κ3) is 5.55. The van der Waals surface area contributed by atoms with Gasteiger partial charge in [-0.15, -0.1) is 11.3 Å². The molecule has 3 aromatic heterocycles. The lowest BCUT2D eigenvalue weighted by Crippen LogP contribution is -2.28. The number of hydrogen-bond acceptors (Lipinski definition) is 7. The molecule has 9 nitrogen and oxygen atoms in total. The molecule has 1 unspecified atom stereocenters. The van der Waals surface area contributed by atoms with Crippen LogP contribution in [0.3, 0.4) is 0 Å². The van der Waals surface area contributed by atoms with Gasteiger partial charge in [-0.2, -0.15) is 10.4 Å². The second-order valence-corrected chi connectivity index (χ2v) is 9.27. The highest BCUT2D eigenvalue weighted by molar-refractivity contribution is 7.16. The van der Waals surface area contributed by atoms with Gasteiger partial charge in [0, 0.05) is 23.6 Å². The molecule has 2 amide bonds. The molecule has 3 heterocycles. The molecule has 1 atom stereocenters. The molecule has 10 heteroatoms. The van der Waals surface area contributed by atoms with E-state index in [9.17, 15) is 14.9 Å². The fourth-order valence-corrected chi connectivity index (χ4v) is 5.25. The van der Waals surface area contributed by atoms with Gasteiger partial charge in [0.1, 0.15) is 11.1 Å². The molecule has 0 radical (unpaired) electrons. The number of nitriles is 1. The standard InChI is InChI=1S/C24H25N5O4S/c1-15-9-18(29(2)28-15)12-26-24(31)33-14-17-3-5-19-20(11-25)23(34-21(19)10-17)27-22(30)6-4-16-7-8-32-13-16/h4,6-9,13,17H,3,5,10,12,14H2,1-2H3,(H,26,31)(H,27,30). The Kier molecular flexibility index (Phi) is 7.13. The minimum atomic E-state index is -0.467. The van der Waals surface area contributed by atoms with E-state index in [2.05, 4.69) is 21.8 Å². The molecule has 176 valence electrons. The number of carbonyl (C=O) groups excluding carboxylic acids is 2. The van der Waals surface area contributed by atoms with Gasteiger partial charge in [-0.25, -0.2) is 4.79 Å². The molecule has 0 saturated carbocycles. The molecule has 0 spiro atoms. The van der Waals surface area contributed by atoms with Gasteiger partial charge in [0.15, 0.2) is 0 Å². The summed E-state index contributed by atoms with van der Waals surface area (Å²) < 4.78 is 12.1. The summed E-state index contributed by atoms with van der Waals surface area (Å²) in [6.07, 6.45) is 7.87. The first kappa shape index (κ1) is 23.3. The number of ether oxygens (including phenoxy) is 1. The van der Waals surface area contributed by atoms with E-state index in [0.29, 0.717) is 36.6 Å². The number of thiophene rings is 1. The number of fused-ring (bicyclic) bond motifs is 1. The zero-order valence-electron chi connectivity index (χ0n) is 19.0. The molecule has 0 bridgehead atoms. The van der Waals surface area contributed by atoms with Crippen molar-refractivity contribution in [3.05, 3.63) is 63.7 Å². The highest BCUT2D eigenvalue weighted by Crippen LogP contribution is 2.39. The van der Waals surface area contributed by atoms with Crippen molar-refractivity contribution in [3.8, 4) is 6.07 Å². The van der Waals surface area contributed by atoms with Crippen molar-refractivity contribution in [2.24, 2.45) is 13.0 Å². The predicted octanol–water partition coefficient (Wildman–Crippen LogP) is 3.94. The normalized spacial score (nSPS) is 15.0. The lowest BCUT2D eigenvalue weighted by Gasteiger charge is -2.21. The highest BCUT2D eigenvalue weighted by atomic mass is 32.1. The van der Waals surface area contributed by atoms with Crippen molar-refractivity contribution in [2.75, 3.05) is 11.9 Å². The summed E-state index contributed by atoms with van der Waals surface area (Å²) in [5, 5.41) is 20.1. The Morgan fingerprint density at radius 2 is 2.32 bits per heavy atom. The van der Waals surface area contributed by atoms with Gasteiger partial charge in [0.2, 0.25) is 5.91 Å². The van der Waals surface area contributed by atoms with Gasteiger partial charge < -0.3 is 19.8 Å². The molecule has 0 saturated heterocycles. The summed E-state index contributed by atoms with van der Waals surface area (Å²) in [5.41, 5.74) is 4.07. The smallest absolute Gasteiger partial charge is 0.407 e. The number of rotatable bonds is 7. The number of alkyl carbamates (subject to hydrolysis) is 1. The van der Waals surface area contributed by atoms with Crippen LogP contribution in [0.1, 0.15) is 39.4 Å². The second-order valence-electron chi connectivity index (χ2n) is 8.16. The fourth-order valence-electron chi connectivity index (χ4n) is 3.94. The van der Waals surface area contributed by atoms with Gasteiger partial charge in [0.05, 0.1) is 42.6 Å². The number of amides is 2. The SMILES string of the molecule is Cc1cc(CNC(=O)OCC2CCc3c(sc(NC(=O)C=Cc4ccoc4)c3C#N)C2)n(C)n1. The van der Waals surface area contributed by atoms with Crippen molar-refractivity contribution in [2.45, 2.75) is 32.7 Å². The molecule has 0 fully saturated rings. The number of hydrogen-bond donors (Lipinski definition) is 2. The van der Waals surface area contributed by atoms with E-state index in [-0.39, 0.29) is 11.8 Å². The highest BCUT2D eigenvalue weighted by Gasteiger charge is 2.27. The molecule has 4 rings (SSSR count). The van der Waals surface area contributed by atoms with Gasteiger partial charge >= 0.3 is 6.09 Å². The van der Waals surface area contributed by atoms with Crippen molar-refractivity contribution in [1.82, 2.24) is 15.1 Å². The maximum Gasteiger partial charge on any atom is 0.407 e. The molecule has 3 aromatic rings. The summed E-state index contributed by atoms with van der Waals surface area (Å²) in [7, 11) is 1.83. The molecular formula is C24H25N5O4S. The Bertz CT molecular complexity index is 1250. The van der Waals surface area contributed by atoms with Crippen LogP contribution < -0.4 is 10.6 Å². The Balaban J connectivity index is 1.31. The molecule has 0 aliphatic heterocycles. The molecular weight excluding hydrogens is 454 g/mol. The monoisotopic (exact) mass is 479 g/mol. The lowest BCUT2D eigenvalue weighted by molar-refractivity contribution is -0.111. The molecule has 1 aliphatic rings. The van der Waals surface area contributed by atoms with Crippen molar-refractivity contribution in [3.63, 3.8) is 0 Å². The Labute approximate surface area is 201 Å². The predicted molar refractivity (Wildman–Crippen MR) is 127 cm³/mol. The number of carbonyl (C=O) groups is 2. The van der Waals surface area contributed by atoms with Gasteiger partial charge in [-0.05, 0) is 55.9 Å². The first-order valence-corrected chi connectivity index (χ1v) is 11.7. The number of aryl methyl sites for hydroxylation is 2. The third-order valence-corrected chi connectivity index (χ3v) is 6.82. The van der Waals surface area contributed by atoms with Crippen LogP contribution in [0.15, 0.2) is 35.2 Å². The van der Waals surface area contributed by atoms with Crippen LogP contribution in [0.25, 0.3) is 6.08 Å². The quantitative estimate of drug-likeness (QED) is 0.495. The maximum absolute atomic E-state index is 12.3. The summed E-state index contributed by atoms with van der Waals surface area (Å²) in [5.74, 6) is -0.150. The lowest BCUT2D eigenvalue weighted by atomic mass is 9.88. The van der Waals surface area contributed by atoms with E-state index in [1.54, 1.807) is 16.8 Å². The zero-order valence-corrected chi connectivity index (χ0v) is 19.8. The van der Waals surface area contributed by atoms with E-state index >= 15 is 0 Å². The van der Waals surface area contributed by atoms with Crippen LogP contribution in [0.4, 0.5) is 9.80 Å². The summed E-state index contributed by atoms with van der Waals surface area (Å²) >= 11 is 1.41. The minimum Gasteiger partial charge on any atom is -0.472 e. The van der Waals surface area contributed by atoms with E-state index in [1.807, 2.05) is 20.0 Å². The average Bonchev–Trinajstić information content (AvgIpc) is 3.53. The van der Waals surface area contributed by atoms with Crippen molar-refractivity contribution in [1.29, 1.82) is 5.26 Å². The second kappa shape index (κ2) is 10.4. The molecule has 1 aliphatic carbocycles. The maximum atomic E-state index is 12.3. The van der Waals surface area contributed by atoms with Gasteiger partial charge in [-0.3, -0.25) is 9.48 Å². The van der Waals surface area contributed by atoms with Gasteiger partial charge in [0.25, 0.3) is 0 Å². The number of anilines is 1. The number of aromatic nitrogens is 2. The average molecular weight is 480 g/mol.